The second-order valence-corrected chi connectivity index (χ2v) is 3.64. The number of hydrogen-bond donors (Lipinski definition) is 0. The van der Waals surface area contributed by atoms with Crippen LogP contribution in [-0.4, -0.2) is 0 Å². The molecule has 78 valence electrons. The molecule has 0 radical (unpaired) electrons. The van der Waals surface area contributed by atoms with Crippen LogP contribution in [0.3, 0.4) is 0 Å². The Morgan fingerprint density at radius 3 is 2.50 bits per heavy atom. The Hall–Kier alpha value is -2.14. The Morgan fingerprint density at radius 2 is 1.75 bits per heavy atom. The van der Waals surface area contributed by atoms with Crippen LogP contribution in [0.1, 0.15) is 11.3 Å². The van der Waals surface area contributed by atoms with Crippen molar-refractivity contribution in [3.8, 4) is 6.07 Å². The van der Waals surface area contributed by atoms with E-state index in [9.17, 15) is 0 Å². The zero-order valence-corrected chi connectivity index (χ0v) is 9.00. The lowest BCUT2D eigenvalue weighted by molar-refractivity contribution is -0.695. The van der Waals surface area contributed by atoms with Gasteiger partial charge in [-0.3, -0.25) is 0 Å². The molecular formula is C14H13N2+. The van der Waals surface area contributed by atoms with Crippen LogP contribution in [0, 0.1) is 11.3 Å². The van der Waals surface area contributed by atoms with Crippen LogP contribution in [0.2, 0.25) is 0 Å². The maximum absolute atomic E-state index is 8.75. The van der Waals surface area contributed by atoms with Gasteiger partial charge >= 0.3 is 0 Å². The van der Waals surface area contributed by atoms with E-state index in [-0.39, 0.29) is 0 Å². The van der Waals surface area contributed by atoms with E-state index in [2.05, 4.69) is 22.8 Å². The van der Waals surface area contributed by atoms with Gasteiger partial charge in [-0.25, -0.2) is 0 Å². The summed E-state index contributed by atoms with van der Waals surface area (Å²) in [6, 6.07) is 18.4. The lowest BCUT2D eigenvalue weighted by atomic mass is 10.2. The molecule has 0 unspecified atom stereocenters. The Balaban J connectivity index is 2.25. The third-order valence-corrected chi connectivity index (χ3v) is 2.49. The van der Waals surface area contributed by atoms with E-state index in [0.717, 1.165) is 12.2 Å². The molecule has 1 heterocycles. The second kappa shape index (κ2) is 5.09. The maximum Gasteiger partial charge on any atom is 0.195 e. The van der Waals surface area contributed by atoms with Crippen LogP contribution in [0.15, 0.2) is 54.7 Å². The Kier molecular flexibility index (Phi) is 3.30. The minimum absolute atomic E-state index is 0.452. The smallest absolute Gasteiger partial charge is 0.195 e. The van der Waals surface area contributed by atoms with Gasteiger partial charge in [0.2, 0.25) is 0 Å². The van der Waals surface area contributed by atoms with Gasteiger partial charge in [0.25, 0.3) is 0 Å². The fraction of sp³-hybridized carbons (Fsp3) is 0.143. The second-order valence-electron chi connectivity index (χ2n) is 3.64. The first-order chi connectivity index (χ1) is 7.90. The molecule has 2 heteroatoms. The van der Waals surface area contributed by atoms with Crippen molar-refractivity contribution in [2.75, 3.05) is 0 Å². The van der Waals surface area contributed by atoms with Gasteiger partial charge in [-0.1, -0.05) is 36.4 Å². The Bertz CT molecular complexity index is 498. The molecule has 0 aliphatic carbocycles. The first-order valence-electron chi connectivity index (χ1n) is 5.28. The standard InChI is InChI=1S/C14H13N2/c15-10-9-14-8-4-5-11-16(14)12-13-6-2-1-3-7-13/h1-8,11H,9,12H2/q+1. The van der Waals surface area contributed by atoms with Crippen molar-refractivity contribution >= 4 is 0 Å². The molecule has 0 atom stereocenters. The van der Waals surface area contributed by atoms with E-state index in [0.29, 0.717) is 6.42 Å². The molecule has 16 heavy (non-hydrogen) atoms. The van der Waals surface area contributed by atoms with Crippen molar-refractivity contribution < 1.29 is 4.57 Å². The molecule has 0 N–H and O–H groups in total. The van der Waals surface area contributed by atoms with E-state index in [1.807, 2.05) is 42.6 Å². The van der Waals surface area contributed by atoms with Crippen LogP contribution in [-0.2, 0) is 13.0 Å². The van der Waals surface area contributed by atoms with Gasteiger partial charge in [0.05, 0.1) is 6.07 Å². The summed E-state index contributed by atoms with van der Waals surface area (Å²) in [6.07, 6.45) is 2.47. The minimum Gasteiger partial charge on any atom is -0.198 e. The summed E-state index contributed by atoms with van der Waals surface area (Å²) in [5.41, 5.74) is 2.30. The van der Waals surface area contributed by atoms with E-state index < -0.39 is 0 Å². The lowest BCUT2D eigenvalue weighted by Gasteiger charge is -2.00. The highest BCUT2D eigenvalue weighted by Gasteiger charge is 2.08. The van der Waals surface area contributed by atoms with Crippen LogP contribution < -0.4 is 4.57 Å². The summed E-state index contributed by atoms with van der Waals surface area (Å²) < 4.78 is 2.11. The van der Waals surface area contributed by atoms with Crippen LogP contribution in [0.4, 0.5) is 0 Å². The molecule has 0 aliphatic heterocycles. The van der Waals surface area contributed by atoms with Crippen molar-refractivity contribution in [2.24, 2.45) is 0 Å². The Labute approximate surface area is 95.4 Å². The molecule has 0 aliphatic rings. The van der Waals surface area contributed by atoms with Gasteiger partial charge in [0, 0.05) is 17.7 Å². The lowest BCUT2D eigenvalue weighted by Crippen LogP contribution is -2.38. The summed E-state index contributed by atoms with van der Waals surface area (Å²) >= 11 is 0. The molecule has 0 fully saturated rings. The summed E-state index contributed by atoms with van der Waals surface area (Å²) in [5.74, 6) is 0. The predicted octanol–water partition coefficient (Wildman–Crippen LogP) is 2.09. The van der Waals surface area contributed by atoms with Gasteiger partial charge in [-0.2, -0.15) is 9.83 Å². The fourth-order valence-corrected chi connectivity index (χ4v) is 1.69. The normalized spacial score (nSPS) is 9.69. The maximum atomic E-state index is 8.75. The molecule has 0 saturated carbocycles. The average Bonchev–Trinajstić information content (AvgIpc) is 2.33. The predicted molar refractivity (Wildman–Crippen MR) is 61.5 cm³/mol. The molecule has 1 aromatic carbocycles. The molecule has 0 spiro atoms. The molecular weight excluding hydrogens is 196 g/mol. The van der Waals surface area contributed by atoms with Crippen LogP contribution >= 0.6 is 0 Å². The molecule has 0 bridgehead atoms. The van der Waals surface area contributed by atoms with Gasteiger partial charge in [-0.15, -0.1) is 0 Å². The van der Waals surface area contributed by atoms with Crippen molar-refractivity contribution in [3.63, 3.8) is 0 Å². The largest absolute Gasteiger partial charge is 0.198 e. The zero-order chi connectivity index (χ0) is 11.2. The quantitative estimate of drug-likeness (QED) is 0.711. The number of pyridine rings is 1. The van der Waals surface area contributed by atoms with E-state index in [4.69, 9.17) is 5.26 Å². The van der Waals surface area contributed by atoms with Gasteiger partial charge in [0.15, 0.2) is 18.4 Å². The number of nitrogens with zero attached hydrogens (tertiary/aromatic N) is 2. The summed E-state index contributed by atoms with van der Waals surface area (Å²) in [4.78, 5) is 0. The Morgan fingerprint density at radius 1 is 1.00 bits per heavy atom. The fourth-order valence-electron chi connectivity index (χ4n) is 1.69. The molecule has 2 aromatic rings. The van der Waals surface area contributed by atoms with Gasteiger partial charge < -0.3 is 0 Å². The van der Waals surface area contributed by atoms with Crippen molar-refractivity contribution in [1.29, 1.82) is 5.26 Å². The van der Waals surface area contributed by atoms with Crippen LogP contribution in [0.5, 0.6) is 0 Å². The van der Waals surface area contributed by atoms with Crippen LogP contribution in [0.25, 0.3) is 0 Å². The highest BCUT2D eigenvalue weighted by atomic mass is 14.9. The number of aromatic nitrogens is 1. The molecule has 0 amide bonds. The number of nitriles is 1. The first-order valence-corrected chi connectivity index (χ1v) is 5.28. The number of hydrogen-bond acceptors (Lipinski definition) is 1. The molecule has 2 nitrogen and oxygen atoms in total. The third-order valence-electron chi connectivity index (χ3n) is 2.49. The molecule has 2 rings (SSSR count). The zero-order valence-electron chi connectivity index (χ0n) is 9.00. The number of benzene rings is 1. The summed E-state index contributed by atoms with van der Waals surface area (Å²) in [5, 5.41) is 8.75. The highest BCUT2D eigenvalue weighted by Crippen LogP contribution is 1.99. The van der Waals surface area contributed by atoms with Gasteiger partial charge in [0.1, 0.15) is 6.42 Å². The van der Waals surface area contributed by atoms with E-state index in [1.165, 1.54) is 5.56 Å². The number of rotatable bonds is 3. The third kappa shape index (κ3) is 2.46. The van der Waals surface area contributed by atoms with Gasteiger partial charge in [-0.05, 0) is 0 Å². The van der Waals surface area contributed by atoms with Crippen molar-refractivity contribution in [1.82, 2.24) is 0 Å². The first kappa shape index (κ1) is 10.4. The van der Waals surface area contributed by atoms with E-state index in [1.54, 1.807) is 0 Å². The highest BCUT2D eigenvalue weighted by molar-refractivity contribution is 5.13. The average molecular weight is 209 g/mol. The summed E-state index contributed by atoms with van der Waals surface area (Å²) in [6.45, 7) is 0.818. The van der Waals surface area contributed by atoms with E-state index >= 15 is 0 Å². The monoisotopic (exact) mass is 209 g/mol. The minimum atomic E-state index is 0.452. The van der Waals surface area contributed by atoms with Crippen molar-refractivity contribution in [2.45, 2.75) is 13.0 Å². The summed E-state index contributed by atoms with van der Waals surface area (Å²) in [7, 11) is 0. The molecule has 0 saturated heterocycles. The molecule has 1 aromatic heterocycles. The van der Waals surface area contributed by atoms with Crippen molar-refractivity contribution in [3.05, 3.63) is 66.0 Å². The topological polar surface area (TPSA) is 27.7 Å². The SMILES string of the molecule is N#CCc1cccc[n+]1Cc1ccccc1.